The monoisotopic (exact) mass is 471 g/mol. The van der Waals surface area contributed by atoms with Gasteiger partial charge in [-0.1, -0.05) is 29.3 Å². The highest BCUT2D eigenvalue weighted by Crippen LogP contribution is 2.45. The molecule has 0 spiro atoms. The highest BCUT2D eigenvalue weighted by atomic mass is 35.5. The molecule has 32 heavy (non-hydrogen) atoms. The molecule has 0 saturated carbocycles. The quantitative estimate of drug-likeness (QED) is 0.354. The van der Waals surface area contributed by atoms with Gasteiger partial charge in [0.1, 0.15) is 22.9 Å². The first-order valence-electron chi connectivity index (χ1n) is 9.49. The SMILES string of the molecule is COc1cc(OC)c(Cl)c(-c2cc3cnc(Nc4ccc(C)cc4N)cc3oc2=O)c1Cl. The second-order valence-corrected chi connectivity index (χ2v) is 7.81. The first-order valence-corrected chi connectivity index (χ1v) is 10.3. The van der Waals surface area contributed by atoms with E-state index in [2.05, 4.69) is 10.3 Å². The molecule has 2 aromatic heterocycles. The van der Waals surface area contributed by atoms with Gasteiger partial charge < -0.3 is 24.9 Å². The summed E-state index contributed by atoms with van der Waals surface area (Å²) in [7, 11) is 2.92. The van der Waals surface area contributed by atoms with E-state index in [9.17, 15) is 4.79 Å². The zero-order valence-corrected chi connectivity index (χ0v) is 19.0. The van der Waals surface area contributed by atoms with Gasteiger partial charge in [0.25, 0.3) is 0 Å². The van der Waals surface area contributed by atoms with Crippen molar-refractivity contribution >= 4 is 51.4 Å². The number of nitrogen functional groups attached to an aromatic ring is 1. The van der Waals surface area contributed by atoms with Crippen LogP contribution in [0, 0.1) is 6.92 Å². The maximum Gasteiger partial charge on any atom is 0.344 e. The lowest BCUT2D eigenvalue weighted by Crippen LogP contribution is -2.05. The first-order chi connectivity index (χ1) is 15.3. The van der Waals surface area contributed by atoms with Crippen molar-refractivity contribution in [3.05, 3.63) is 68.6 Å². The minimum absolute atomic E-state index is 0.162. The Hall–Kier alpha value is -3.42. The Labute approximate surface area is 193 Å². The smallest absolute Gasteiger partial charge is 0.344 e. The third kappa shape index (κ3) is 3.92. The van der Waals surface area contributed by atoms with Gasteiger partial charge in [0.05, 0.1) is 41.2 Å². The van der Waals surface area contributed by atoms with Gasteiger partial charge in [-0.15, -0.1) is 0 Å². The molecule has 0 aliphatic carbocycles. The number of methoxy groups -OCH3 is 2. The van der Waals surface area contributed by atoms with E-state index < -0.39 is 5.63 Å². The lowest BCUT2D eigenvalue weighted by Gasteiger charge is -2.14. The number of pyridine rings is 1. The molecule has 7 nitrogen and oxygen atoms in total. The average molecular weight is 472 g/mol. The number of rotatable bonds is 5. The molecule has 0 fully saturated rings. The summed E-state index contributed by atoms with van der Waals surface area (Å²) in [6.07, 6.45) is 1.58. The van der Waals surface area contributed by atoms with E-state index in [0.717, 1.165) is 5.56 Å². The van der Waals surface area contributed by atoms with Crippen molar-refractivity contribution in [2.75, 3.05) is 25.3 Å². The van der Waals surface area contributed by atoms with Gasteiger partial charge in [-0.2, -0.15) is 0 Å². The van der Waals surface area contributed by atoms with Crippen molar-refractivity contribution < 1.29 is 13.9 Å². The highest BCUT2D eigenvalue weighted by Gasteiger charge is 2.22. The number of aromatic nitrogens is 1. The number of nitrogens with zero attached hydrogens (tertiary/aromatic N) is 1. The summed E-state index contributed by atoms with van der Waals surface area (Å²) in [4.78, 5) is 17.3. The average Bonchev–Trinajstić information content (AvgIpc) is 2.76. The molecular weight excluding hydrogens is 453 g/mol. The summed E-state index contributed by atoms with van der Waals surface area (Å²) in [5, 5.41) is 4.06. The zero-order valence-electron chi connectivity index (χ0n) is 17.5. The minimum Gasteiger partial charge on any atom is -0.495 e. The Balaban J connectivity index is 1.81. The third-order valence-corrected chi connectivity index (χ3v) is 5.68. The number of nitrogens with one attached hydrogen (secondary N) is 1. The molecule has 4 rings (SSSR count). The van der Waals surface area contributed by atoms with Gasteiger partial charge in [-0.05, 0) is 30.7 Å². The Morgan fingerprint density at radius 2 is 1.72 bits per heavy atom. The fourth-order valence-electron chi connectivity index (χ4n) is 3.31. The predicted molar refractivity (Wildman–Crippen MR) is 128 cm³/mol. The van der Waals surface area contributed by atoms with Crippen LogP contribution in [0.15, 0.2) is 51.8 Å². The van der Waals surface area contributed by atoms with Crippen molar-refractivity contribution in [1.29, 1.82) is 0 Å². The second kappa shape index (κ2) is 8.61. The van der Waals surface area contributed by atoms with Crippen LogP contribution in [-0.2, 0) is 0 Å². The van der Waals surface area contributed by atoms with Crippen LogP contribution in [0.4, 0.5) is 17.2 Å². The van der Waals surface area contributed by atoms with E-state index in [1.54, 1.807) is 24.4 Å². The van der Waals surface area contributed by atoms with Gasteiger partial charge in [0, 0.05) is 29.3 Å². The van der Waals surface area contributed by atoms with Crippen LogP contribution >= 0.6 is 23.2 Å². The third-order valence-electron chi connectivity index (χ3n) is 4.93. The standard InChI is InChI=1S/C23H19Cl2N3O4/c1-11-4-5-15(14(26)6-11)28-19-9-16-12(10-27-19)7-13(23(29)32-16)20-21(24)17(30-2)8-18(31-3)22(20)25/h4-10H,26H2,1-3H3,(H,27,28). The van der Waals surface area contributed by atoms with E-state index in [0.29, 0.717) is 39.7 Å². The number of benzene rings is 2. The van der Waals surface area contributed by atoms with Gasteiger partial charge in [0.2, 0.25) is 0 Å². The molecule has 0 unspecified atom stereocenters. The van der Waals surface area contributed by atoms with Crippen molar-refractivity contribution in [2.45, 2.75) is 6.92 Å². The molecule has 0 saturated heterocycles. The number of hydrogen-bond donors (Lipinski definition) is 2. The highest BCUT2D eigenvalue weighted by molar-refractivity contribution is 6.41. The lowest BCUT2D eigenvalue weighted by molar-refractivity contribution is 0.395. The van der Waals surface area contributed by atoms with Crippen LogP contribution in [0.2, 0.25) is 10.0 Å². The molecule has 0 radical (unpaired) electrons. The minimum atomic E-state index is -0.622. The van der Waals surface area contributed by atoms with Crippen LogP contribution in [0.25, 0.3) is 22.1 Å². The molecule has 3 N–H and O–H groups in total. The summed E-state index contributed by atoms with van der Waals surface area (Å²) in [5.41, 5.74) is 8.52. The topological polar surface area (TPSA) is 99.6 Å². The van der Waals surface area contributed by atoms with Crippen molar-refractivity contribution in [1.82, 2.24) is 4.98 Å². The molecule has 4 aromatic rings. The van der Waals surface area contributed by atoms with Crippen LogP contribution in [0.1, 0.15) is 5.56 Å². The predicted octanol–water partition coefficient (Wildman–Crippen LogP) is 5.81. The van der Waals surface area contributed by atoms with Crippen molar-refractivity contribution in [2.24, 2.45) is 0 Å². The fraction of sp³-hybridized carbons (Fsp3) is 0.130. The van der Waals surface area contributed by atoms with Crippen LogP contribution in [-0.4, -0.2) is 19.2 Å². The maximum absolute atomic E-state index is 12.9. The summed E-state index contributed by atoms with van der Waals surface area (Å²) < 4.78 is 16.1. The molecule has 0 bridgehead atoms. The summed E-state index contributed by atoms with van der Waals surface area (Å²) in [5.74, 6) is 1.11. The normalized spacial score (nSPS) is 10.9. The first kappa shape index (κ1) is 21.8. The number of fused-ring (bicyclic) bond motifs is 1. The second-order valence-electron chi connectivity index (χ2n) is 7.05. The molecule has 0 aliphatic heterocycles. The molecule has 0 aliphatic rings. The number of halogens is 2. The molecule has 9 heteroatoms. The number of nitrogens with two attached hydrogens (primary N) is 1. The summed E-state index contributed by atoms with van der Waals surface area (Å²) in [6.45, 7) is 1.96. The maximum atomic E-state index is 12.9. The summed E-state index contributed by atoms with van der Waals surface area (Å²) in [6, 6.07) is 10.4. The molecule has 2 heterocycles. The number of aryl methyl sites for hydroxylation is 1. The van der Waals surface area contributed by atoms with Gasteiger partial charge in [-0.3, -0.25) is 0 Å². The Bertz CT molecular complexity index is 1370. The molecule has 164 valence electrons. The van der Waals surface area contributed by atoms with E-state index in [-0.39, 0.29) is 21.2 Å². The molecule has 0 atom stereocenters. The van der Waals surface area contributed by atoms with Crippen LogP contribution in [0.5, 0.6) is 11.5 Å². The van der Waals surface area contributed by atoms with Gasteiger partial charge in [0.15, 0.2) is 0 Å². The van der Waals surface area contributed by atoms with Crippen LogP contribution in [0.3, 0.4) is 0 Å². The van der Waals surface area contributed by atoms with E-state index in [1.807, 2.05) is 25.1 Å². The van der Waals surface area contributed by atoms with Crippen molar-refractivity contribution in [3.8, 4) is 22.6 Å². The van der Waals surface area contributed by atoms with Gasteiger partial charge in [-0.25, -0.2) is 9.78 Å². The van der Waals surface area contributed by atoms with Crippen LogP contribution < -0.4 is 26.1 Å². The number of hydrogen-bond acceptors (Lipinski definition) is 7. The van der Waals surface area contributed by atoms with Gasteiger partial charge >= 0.3 is 5.63 Å². The molecule has 2 aromatic carbocycles. The summed E-state index contributed by atoms with van der Waals surface area (Å²) >= 11 is 12.9. The Morgan fingerprint density at radius 1 is 1.03 bits per heavy atom. The fourth-order valence-corrected chi connectivity index (χ4v) is 4.02. The van der Waals surface area contributed by atoms with Crippen molar-refractivity contribution in [3.63, 3.8) is 0 Å². The van der Waals surface area contributed by atoms with E-state index in [4.69, 9.17) is 42.8 Å². The van der Waals surface area contributed by atoms with E-state index >= 15 is 0 Å². The number of anilines is 3. The number of ether oxygens (including phenoxy) is 2. The molecular formula is C23H19Cl2N3O4. The lowest BCUT2D eigenvalue weighted by atomic mass is 10.1. The Kier molecular flexibility index (Phi) is 5.86. The molecule has 0 amide bonds. The zero-order chi connectivity index (χ0) is 23.0. The Morgan fingerprint density at radius 3 is 2.34 bits per heavy atom. The largest absolute Gasteiger partial charge is 0.495 e. The van der Waals surface area contributed by atoms with E-state index in [1.165, 1.54) is 14.2 Å².